The van der Waals surface area contributed by atoms with E-state index in [2.05, 4.69) is 38.1 Å². The van der Waals surface area contributed by atoms with E-state index in [0.717, 1.165) is 19.5 Å². The first-order valence-electron chi connectivity index (χ1n) is 7.01. The summed E-state index contributed by atoms with van der Waals surface area (Å²) in [6, 6.07) is 8.51. The molecule has 1 aliphatic heterocycles. The molecule has 1 fully saturated rings. The molecular weight excluding hydrogens is 222 g/mol. The lowest BCUT2D eigenvalue weighted by Gasteiger charge is -2.29. The molecule has 0 bridgehead atoms. The van der Waals surface area contributed by atoms with Crippen molar-refractivity contribution in [3.05, 3.63) is 35.4 Å². The topological polar surface area (TPSA) is 20.3 Å². The lowest BCUT2D eigenvalue weighted by Crippen LogP contribution is -2.39. The van der Waals surface area contributed by atoms with Gasteiger partial charge in [0.1, 0.15) is 0 Å². The molecule has 0 spiro atoms. The zero-order valence-electron chi connectivity index (χ0n) is 11.5. The lowest BCUT2D eigenvalue weighted by molar-refractivity contribution is -0.135. The second-order valence-corrected chi connectivity index (χ2v) is 5.48. The number of piperidine rings is 1. The molecule has 1 saturated heterocycles. The van der Waals surface area contributed by atoms with Gasteiger partial charge in [0.2, 0.25) is 5.91 Å². The largest absolute Gasteiger partial charge is 0.342 e. The number of hydrogen-bond acceptors (Lipinski definition) is 1. The van der Waals surface area contributed by atoms with Gasteiger partial charge >= 0.3 is 0 Å². The van der Waals surface area contributed by atoms with E-state index in [0.29, 0.717) is 5.91 Å². The Hall–Kier alpha value is -1.31. The van der Waals surface area contributed by atoms with E-state index in [1.807, 2.05) is 4.90 Å². The monoisotopic (exact) mass is 245 g/mol. The van der Waals surface area contributed by atoms with Crippen molar-refractivity contribution in [1.82, 2.24) is 4.90 Å². The van der Waals surface area contributed by atoms with Gasteiger partial charge in [-0.1, -0.05) is 36.8 Å². The number of benzene rings is 1. The van der Waals surface area contributed by atoms with Crippen LogP contribution in [0.5, 0.6) is 0 Å². The molecule has 0 aliphatic carbocycles. The fourth-order valence-corrected chi connectivity index (χ4v) is 2.59. The summed E-state index contributed by atoms with van der Waals surface area (Å²) in [5.74, 6) is 0.432. The van der Waals surface area contributed by atoms with Gasteiger partial charge in [0.15, 0.2) is 0 Å². The molecule has 98 valence electrons. The summed E-state index contributed by atoms with van der Waals surface area (Å²) in [5.41, 5.74) is 2.53. The number of likely N-dealkylation sites (tertiary alicyclic amines) is 1. The van der Waals surface area contributed by atoms with Crippen molar-refractivity contribution in [2.75, 3.05) is 13.1 Å². The Morgan fingerprint density at radius 3 is 2.39 bits per heavy atom. The van der Waals surface area contributed by atoms with Crippen LogP contribution in [0.15, 0.2) is 24.3 Å². The SMILES string of the molecule is Cc1ccc(CC(C)C(=O)N2CCCCC2)cc1. The van der Waals surface area contributed by atoms with Gasteiger partial charge in [0, 0.05) is 19.0 Å². The number of hydrogen-bond donors (Lipinski definition) is 0. The summed E-state index contributed by atoms with van der Waals surface area (Å²) in [5, 5.41) is 0. The molecule has 1 aromatic carbocycles. The molecule has 0 saturated carbocycles. The molecule has 18 heavy (non-hydrogen) atoms. The average molecular weight is 245 g/mol. The Balaban J connectivity index is 1.92. The van der Waals surface area contributed by atoms with Crippen LogP contribution in [0.4, 0.5) is 0 Å². The van der Waals surface area contributed by atoms with Crippen molar-refractivity contribution in [1.29, 1.82) is 0 Å². The van der Waals surface area contributed by atoms with E-state index in [1.54, 1.807) is 0 Å². The third kappa shape index (κ3) is 3.34. The molecule has 1 aliphatic rings. The van der Waals surface area contributed by atoms with Crippen molar-refractivity contribution in [3.63, 3.8) is 0 Å². The summed E-state index contributed by atoms with van der Waals surface area (Å²) in [6.07, 6.45) is 4.47. The number of nitrogens with zero attached hydrogens (tertiary/aromatic N) is 1. The minimum atomic E-state index is 0.103. The number of rotatable bonds is 3. The second kappa shape index (κ2) is 6.03. The van der Waals surface area contributed by atoms with Crippen LogP contribution in [0.25, 0.3) is 0 Å². The van der Waals surface area contributed by atoms with Crippen LogP contribution in [0, 0.1) is 12.8 Å². The van der Waals surface area contributed by atoms with Crippen molar-refractivity contribution in [3.8, 4) is 0 Å². The Kier molecular flexibility index (Phi) is 4.40. The third-order valence-electron chi connectivity index (χ3n) is 3.75. The van der Waals surface area contributed by atoms with Crippen LogP contribution in [-0.2, 0) is 11.2 Å². The molecule has 2 heteroatoms. The number of aryl methyl sites for hydroxylation is 1. The highest BCUT2D eigenvalue weighted by Gasteiger charge is 2.21. The van der Waals surface area contributed by atoms with E-state index < -0.39 is 0 Å². The van der Waals surface area contributed by atoms with Crippen LogP contribution in [0.3, 0.4) is 0 Å². The van der Waals surface area contributed by atoms with Gasteiger partial charge in [0.25, 0.3) is 0 Å². The highest BCUT2D eigenvalue weighted by molar-refractivity contribution is 5.78. The Morgan fingerprint density at radius 1 is 1.17 bits per heavy atom. The molecule has 1 unspecified atom stereocenters. The first-order valence-corrected chi connectivity index (χ1v) is 7.01. The third-order valence-corrected chi connectivity index (χ3v) is 3.75. The minimum absolute atomic E-state index is 0.103. The summed E-state index contributed by atoms with van der Waals surface area (Å²) in [4.78, 5) is 14.3. The molecule has 0 N–H and O–H groups in total. The van der Waals surface area contributed by atoms with Crippen LogP contribution in [0.1, 0.15) is 37.3 Å². The molecule has 1 amide bonds. The molecule has 1 heterocycles. The maximum atomic E-state index is 12.3. The van der Waals surface area contributed by atoms with Crippen LogP contribution in [-0.4, -0.2) is 23.9 Å². The zero-order chi connectivity index (χ0) is 13.0. The number of amides is 1. The van der Waals surface area contributed by atoms with Crippen molar-refractivity contribution in [2.24, 2.45) is 5.92 Å². The summed E-state index contributed by atoms with van der Waals surface area (Å²) < 4.78 is 0. The van der Waals surface area contributed by atoms with Crippen molar-refractivity contribution < 1.29 is 4.79 Å². The average Bonchev–Trinajstić information content (AvgIpc) is 2.41. The summed E-state index contributed by atoms with van der Waals surface area (Å²) >= 11 is 0. The standard InChI is InChI=1S/C16H23NO/c1-13-6-8-15(9-7-13)12-14(2)16(18)17-10-4-3-5-11-17/h6-9,14H,3-5,10-12H2,1-2H3. The quantitative estimate of drug-likeness (QED) is 0.801. The normalized spacial score (nSPS) is 17.6. The molecule has 1 atom stereocenters. The van der Waals surface area contributed by atoms with Gasteiger partial charge < -0.3 is 4.90 Å². The Bertz CT molecular complexity index is 390. The van der Waals surface area contributed by atoms with Gasteiger partial charge in [-0.25, -0.2) is 0 Å². The van der Waals surface area contributed by atoms with E-state index in [9.17, 15) is 4.79 Å². The molecule has 2 rings (SSSR count). The molecule has 0 radical (unpaired) electrons. The van der Waals surface area contributed by atoms with Crippen molar-refractivity contribution in [2.45, 2.75) is 39.5 Å². The van der Waals surface area contributed by atoms with E-state index in [4.69, 9.17) is 0 Å². The second-order valence-electron chi connectivity index (χ2n) is 5.48. The van der Waals surface area contributed by atoms with Gasteiger partial charge in [-0.05, 0) is 38.2 Å². The highest BCUT2D eigenvalue weighted by atomic mass is 16.2. The van der Waals surface area contributed by atoms with Gasteiger partial charge in [-0.15, -0.1) is 0 Å². The summed E-state index contributed by atoms with van der Waals surface area (Å²) in [7, 11) is 0. The number of carbonyl (C=O) groups excluding carboxylic acids is 1. The molecule has 1 aromatic rings. The van der Waals surface area contributed by atoms with E-state index >= 15 is 0 Å². The van der Waals surface area contributed by atoms with Gasteiger partial charge in [-0.2, -0.15) is 0 Å². The Morgan fingerprint density at radius 2 is 1.78 bits per heavy atom. The predicted molar refractivity (Wildman–Crippen MR) is 74.5 cm³/mol. The fourth-order valence-electron chi connectivity index (χ4n) is 2.59. The number of carbonyl (C=O) groups is 1. The fraction of sp³-hybridized carbons (Fsp3) is 0.562. The molecular formula is C16H23NO. The first kappa shape index (κ1) is 13.1. The summed E-state index contributed by atoms with van der Waals surface area (Å²) in [6.45, 7) is 6.05. The molecule has 2 nitrogen and oxygen atoms in total. The first-order chi connectivity index (χ1) is 8.66. The minimum Gasteiger partial charge on any atom is -0.342 e. The van der Waals surface area contributed by atoms with E-state index in [-0.39, 0.29) is 5.92 Å². The lowest BCUT2D eigenvalue weighted by atomic mass is 9.98. The van der Waals surface area contributed by atoms with Gasteiger partial charge in [0.05, 0.1) is 0 Å². The van der Waals surface area contributed by atoms with Crippen molar-refractivity contribution >= 4 is 5.91 Å². The Labute approximate surface area is 110 Å². The van der Waals surface area contributed by atoms with Gasteiger partial charge in [-0.3, -0.25) is 4.79 Å². The smallest absolute Gasteiger partial charge is 0.225 e. The maximum absolute atomic E-state index is 12.3. The highest BCUT2D eigenvalue weighted by Crippen LogP contribution is 2.16. The van der Waals surface area contributed by atoms with Crippen LogP contribution < -0.4 is 0 Å². The van der Waals surface area contributed by atoms with Crippen LogP contribution in [0.2, 0.25) is 0 Å². The predicted octanol–water partition coefficient (Wildman–Crippen LogP) is 3.19. The van der Waals surface area contributed by atoms with Crippen LogP contribution >= 0.6 is 0 Å². The van der Waals surface area contributed by atoms with E-state index in [1.165, 1.54) is 30.4 Å². The maximum Gasteiger partial charge on any atom is 0.225 e. The molecule has 0 aromatic heterocycles. The zero-order valence-corrected chi connectivity index (χ0v) is 11.5.